The molecule has 0 fully saturated rings. The molecule has 1 heterocycles. The van der Waals surface area contributed by atoms with Crippen LogP contribution in [0.3, 0.4) is 0 Å². The number of rotatable bonds is 9. The maximum atomic E-state index is 12.6. The molecule has 30 heavy (non-hydrogen) atoms. The zero-order valence-corrected chi connectivity index (χ0v) is 17.2. The van der Waals surface area contributed by atoms with Gasteiger partial charge in [0.15, 0.2) is 0 Å². The predicted molar refractivity (Wildman–Crippen MR) is 101 cm³/mol. The fourth-order valence-electron chi connectivity index (χ4n) is 2.19. The van der Waals surface area contributed by atoms with E-state index in [0.717, 1.165) is 0 Å². The topological polar surface area (TPSA) is 215 Å². The Morgan fingerprint density at radius 3 is 2.43 bits per heavy atom. The van der Waals surface area contributed by atoms with E-state index in [2.05, 4.69) is 25.3 Å². The van der Waals surface area contributed by atoms with Gasteiger partial charge in [-0.05, 0) is 36.1 Å². The molecule has 0 saturated heterocycles. The number of carbonyl (C=O) groups is 1. The van der Waals surface area contributed by atoms with Crippen molar-refractivity contribution in [3.05, 3.63) is 42.5 Å². The van der Waals surface area contributed by atoms with Crippen LogP contribution in [0.1, 0.15) is 5.69 Å². The number of aliphatic imine (C=N–C) groups is 2. The number of amides is 1. The van der Waals surface area contributed by atoms with Crippen LogP contribution in [-0.2, 0) is 38.3 Å². The van der Waals surface area contributed by atoms with Gasteiger partial charge in [0, 0.05) is 30.5 Å². The van der Waals surface area contributed by atoms with Crippen LogP contribution in [0, 0.1) is 0 Å². The Morgan fingerprint density at radius 1 is 1.23 bits per heavy atom. The monoisotopic (exact) mass is 484 g/mol. The number of H-pyrrole nitrogens is 1. The van der Waals surface area contributed by atoms with E-state index >= 15 is 0 Å². The second-order valence-corrected chi connectivity index (χ2v) is 7.35. The molecule has 1 radical (unpaired) electrons. The summed E-state index contributed by atoms with van der Waals surface area (Å²) in [6.45, 7) is -0.855. The molecule has 6 N–H and O–H groups in total. The summed E-state index contributed by atoms with van der Waals surface area (Å²) in [5.74, 6) is -2.05. The zero-order valence-electron chi connectivity index (χ0n) is 15.4. The van der Waals surface area contributed by atoms with Crippen molar-refractivity contribution in [3.63, 3.8) is 0 Å². The fraction of sp³-hybridized carbons (Fsp3) is 0.250. The third-order valence-corrected chi connectivity index (χ3v) is 4.52. The van der Waals surface area contributed by atoms with Gasteiger partial charge in [0.25, 0.3) is 0 Å². The second kappa shape index (κ2) is 11.4. The summed E-state index contributed by atoms with van der Waals surface area (Å²) in [6, 6.07) is 4.02. The van der Waals surface area contributed by atoms with Crippen LogP contribution in [0.2, 0.25) is 0 Å². The molecule has 1 aromatic heterocycles. The first kappa shape index (κ1) is 25.3. The van der Waals surface area contributed by atoms with Gasteiger partial charge < -0.3 is 26.2 Å². The molecule has 0 spiro atoms. The molecule has 0 aliphatic rings. The third kappa shape index (κ3) is 7.93. The molecule has 12 nitrogen and oxygen atoms in total. The molecule has 1 amide bonds. The smallest absolute Gasteiger partial charge is 0.861 e. The van der Waals surface area contributed by atoms with E-state index in [4.69, 9.17) is 10.9 Å². The van der Waals surface area contributed by atoms with Crippen molar-refractivity contribution in [2.75, 3.05) is 18.4 Å². The van der Waals surface area contributed by atoms with Crippen molar-refractivity contribution in [3.8, 4) is 0 Å². The van der Waals surface area contributed by atoms with Gasteiger partial charge >= 0.3 is 17.1 Å². The number of anilines is 1. The number of carbonyl (C=O) groups excluding carboxylic acids is 1. The molecule has 2 rings (SSSR count). The Morgan fingerprint density at radius 2 is 1.90 bits per heavy atom. The van der Waals surface area contributed by atoms with E-state index in [1.54, 1.807) is 0 Å². The Bertz CT molecular complexity index is 992. The van der Waals surface area contributed by atoms with Crippen molar-refractivity contribution in [2.24, 2.45) is 20.9 Å². The van der Waals surface area contributed by atoms with Crippen molar-refractivity contribution in [1.29, 1.82) is 0 Å². The van der Waals surface area contributed by atoms with Gasteiger partial charge in [-0.1, -0.05) is 0 Å². The molecule has 0 bridgehead atoms. The maximum absolute atomic E-state index is 12.6. The summed E-state index contributed by atoms with van der Waals surface area (Å²) in [6.07, 6.45) is 2.93. The minimum atomic E-state index is -3.86. The molecule has 1 atom stereocenters. The van der Waals surface area contributed by atoms with E-state index in [9.17, 15) is 23.4 Å². The number of sulfonamides is 1. The van der Waals surface area contributed by atoms with Crippen LogP contribution in [0.15, 0.2) is 51.7 Å². The Kier molecular flexibility index (Phi) is 9.62. The third-order valence-electron chi connectivity index (χ3n) is 3.59. The largest absolute Gasteiger partial charge is 2.00 e. The quantitative estimate of drug-likeness (QED) is 0.165. The maximum Gasteiger partial charge on any atom is 2.00 e. The standard InChI is InChI=1S/C16H21N7O5S.Cu/c17-6-14(24)20-8-15(25)23-13(5-11-7-19-9-21-11)16(26)22-10-1-3-12(4-2-10)29(18,27)28;/h1-4,7,9,13H,5-6,8,17H2,(H,19,21)(H,20,24)(H,22,26)(H,23,25)(H2,18,27,28);/q;+2/p-2/t13-;/m0./s1. The van der Waals surface area contributed by atoms with E-state index in [1.807, 2.05) is 0 Å². The van der Waals surface area contributed by atoms with Gasteiger partial charge in [0.2, 0.25) is 15.9 Å². The van der Waals surface area contributed by atoms with Crippen LogP contribution in [0.25, 0.3) is 0 Å². The first-order valence-corrected chi connectivity index (χ1v) is 9.78. The van der Waals surface area contributed by atoms with Crippen molar-refractivity contribution < 1.29 is 40.5 Å². The van der Waals surface area contributed by atoms with Gasteiger partial charge in [0.05, 0.1) is 17.8 Å². The molecule has 0 unspecified atom stereocenters. The Labute approximate surface area is 183 Å². The molecular formula is C16H19CuN7O5S. The molecule has 1 aromatic carbocycles. The molecule has 0 aliphatic heterocycles. The van der Waals surface area contributed by atoms with Crippen molar-refractivity contribution >= 4 is 33.4 Å². The van der Waals surface area contributed by atoms with Gasteiger partial charge in [-0.3, -0.25) is 14.8 Å². The summed E-state index contributed by atoms with van der Waals surface area (Å²) in [4.78, 5) is 26.4. The summed E-state index contributed by atoms with van der Waals surface area (Å²) in [5.41, 5.74) is 5.95. The summed E-state index contributed by atoms with van der Waals surface area (Å²) in [5, 5.41) is 30.6. The van der Waals surface area contributed by atoms with Gasteiger partial charge in [0.1, 0.15) is 6.04 Å². The van der Waals surface area contributed by atoms with Gasteiger partial charge in [-0.25, -0.2) is 18.5 Å². The normalized spacial score (nSPS) is 13.4. The van der Waals surface area contributed by atoms with E-state index in [0.29, 0.717) is 5.69 Å². The first-order chi connectivity index (χ1) is 13.7. The number of hydrogen-bond acceptors (Lipinski definition) is 9. The van der Waals surface area contributed by atoms with Crippen LogP contribution in [-0.4, -0.2) is 55.2 Å². The van der Waals surface area contributed by atoms with E-state index < -0.39 is 40.3 Å². The summed E-state index contributed by atoms with van der Waals surface area (Å²) < 4.78 is 22.6. The number of primary sulfonamides is 1. The number of aromatic nitrogens is 2. The minimum Gasteiger partial charge on any atom is -0.861 e. The van der Waals surface area contributed by atoms with Crippen molar-refractivity contribution in [1.82, 2.24) is 9.97 Å². The summed E-state index contributed by atoms with van der Waals surface area (Å²) >= 11 is 0. The number of hydrogen-bond donors (Lipinski definition) is 4. The van der Waals surface area contributed by atoms with E-state index in [1.165, 1.54) is 36.8 Å². The number of nitrogens with one attached hydrogen (secondary N) is 2. The number of nitrogens with zero attached hydrogens (tertiary/aromatic N) is 3. The molecule has 0 saturated carbocycles. The average molecular weight is 485 g/mol. The molecular weight excluding hydrogens is 466 g/mol. The average Bonchev–Trinajstić information content (AvgIpc) is 3.18. The molecule has 0 aliphatic carbocycles. The predicted octanol–water partition coefficient (Wildman–Crippen LogP) is -2.92. The molecule has 165 valence electrons. The number of imidazole rings is 1. The fourth-order valence-corrected chi connectivity index (χ4v) is 2.71. The summed E-state index contributed by atoms with van der Waals surface area (Å²) in [7, 11) is -3.86. The Hall–Kier alpha value is -2.77. The Balaban J connectivity index is 0.00000450. The van der Waals surface area contributed by atoms with Crippen LogP contribution < -0.4 is 26.4 Å². The van der Waals surface area contributed by atoms with Crippen molar-refractivity contribution in [2.45, 2.75) is 17.4 Å². The molecule has 2 aromatic rings. The number of benzene rings is 1. The second-order valence-electron chi connectivity index (χ2n) is 5.79. The SMILES string of the molecule is NCC([O-])=NCC([O-])=N[C@@H](Cc1cnc[nH]1)C(=O)Nc1ccc(S(N)(=O)=O)cc1.[Cu+2]. The van der Waals surface area contributed by atoms with E-state index in [-0.39, 0.29) is 40.6 Å². The molecule has 14 heteroatoms. The van der Waals surface area contributed by atoms with Gasteiger partial charge in [-0.2, -0.15) is 0 Å². The van der Waals surface area contributed by atoms with Crippen LogP contribution in [0.4, 0.5) is 5.69 Å². The van der Waals surface area contributed by atoms with Crippen LogP contribution in [0.5, 0.6) is 0 Å². The zero-order chi connectivity index (χ0) is 21.4. The van der Waals surface area contributed by atoms with Gasteiger partial charge in [-0.15, -0.1) is 0 Å². The minimum absolute atomic E-state index is 0. The number of nitrogens with two attached hydrogens (primary N) is 2. The van der Waals surface area contributed by atoms with Crippen LogP contribution >= 0.6 is 0 Å². The first-order valence-electron chi connectivity index (χ1n) is 8.24. The number of aromatic amines is 1.